The van der Waals surface area contributed by atoms with Gasteiger partial charge in [-0.25, -0.2) is 8.78 Å². The van der Waals surface area contributed by atoms with Gasteiger partial charge in [-0.1, -0.05) is 19.0 Å². The van der Waals surface area contributed by atoms with Crippen molar-refractivity contribution in [2.45, 2.75) is 13.8 Å². The number of oxime groups is 1. The van der Waals surface area contributed by atoms with E-state index in [-0.39, 0.29) is 21.7 Å². The molecular weight excluding hydrogens is 268 g/mol. The van der Waals surface area contributed by atoms with Gasteiger partial charge < -0.3 is 5.21 Å². The van der Waals surface area contributed by atoms with Crippen LogP contribution < -0.4 is 0 Å². The Balaban J connectivity index is 3.31. The molecule has 0 fully saturated rings. The van der Waals surface area contributed by atoms with Crippen molar-refractivity contribution in [1.82, 2.24) is 0 Å². The Bertz CT molecular complexity index is 405. The fraction of sp³-hybridized carbons (Fsp3) is 0.300. The Kier molecular flexibility index (Phi) is 3.79. The van der Waals surface area contributed by atoms with Gasteiger partial charge in [-0.3, -0.25) is 0 Å². The number of nitrogens with zero attached hydrogens (tertiary/aromatic N) is 1. The summed E-state index contributed by atoms with van der Waals surface area (Å²) in [5, 5.41) is 11.8. The first kappa shape index (κ1) is 12.1. The van der Waals surface area contributed by atoms with E-state index in [1.165, 1.54) is 6.07 Å². The molecule has 0 atom stereocenters. The number of benzene rings is 1. The largest absolute Gasteiger partial charge is 0.411 e. The van der Waals surface area contributed by atoms with E-state index in [2.05, 4.69) is 21.1 Å². The van der Waals surface area contributed by atoms with Crippen LogP contribution in [-0.2, 0) is 0 Å². The van der Waals surface area contributed by atoms with Crippen molar-refractivity contribution in [3.8, 4) is 0 Å². The van der Waals surface area contributed by atoms with Crippen molar-refractivity contribution < 1.29 is 14.0 Å². The smallest absolute Gasteiger partial charge is 0.140 e. The molecule has 0 unspecified atom stereocenters. The van der Waals surface area contributed by atoms with Gasteiger partial charge in [0.25, 0.3) is 0 Å². The average molecular weight is 278 g/mol. The molecule has 1 aromatic carbocycles. The standard InChI is InChI=1S/C10H10BrF2NO/c1-5(2)10(14-15)6-3-7(11)9(13)4-8(6)12/h3-5,15H,1-2H3/b14-10+. The molecule has 0 heterocycles. The first-order chi connectivity index (χ1) is 6.97. The maximum atomic E-state index is 13.4. The molecule has 0 aliphatic rings. The molecule has 1 N–H and O–H groups in total. The van der Waals surface area contributed by atoms with Crippen LogP contribution in [-0.4, -0.2) is 10.9 Å². The summed E-state index contributed by atoms with van der Waals surface area (Å²) in [6.07, 6.45) is 0. The zero-order valence-corrected chi connectivity index (χ0v) is 9.85. The Morgan fingerprint density at radius 1 is 1.33 bits per heavy atom. The lowest BCUT2D eigenvalue weighted by atomic mass is 10.00. The Labute approximate surface area is 94.7 Å². The van der Waals surface area contributed by atoms with E-state index in [9.17, 15) is 8.78 Å². The van der Waals surface area contributed by atoms with Gasteiger partial charge in [0.15, 0.2) is 0 Å². The molecule has 0 aromatic heterocycles. The van der Waals surface area contributed by atoms with Crippen molar-refractivity contribution in [2.24, 2.45) is 11.1 Å². The molecule has 0 saturated heterocycles. The van der Waals surface area contributed by atoms with Crippen molar-refractivity contribution in [3.63, 3.8) is 0 Å². The van der Waals surface area contributed by atoms with E-state index in [0.29, 0.717) is 0 Å². The lowest BCUT2D eigenvalue weighted by molar-refractivity contribution is 0.316. The predicted molar refractivity (Wildman–Crippen MR) is 57.2 cm³/mol. The van der Waals surface area contributed by atoms with Crippen molar-refractivity contribution in [2.75, 3.05) is 0 Å². The molecule has 0 aliphatic heterocycles. The number of hydrogen-bond donors (Lipinski definition) is 1. The summed E-state index contributed by atoms with van der Waals surface area (Å²) in [5.41, 5.74) is 0.286. The summed E-state index contributed by atoms with van der Waals surface area (Å²) < 4.78 is 26.5. The Morgan fingerprint density at radius 3 is 2.40 bits per heavy atom. The minimum atomic E-state index is -0.739. The van der Waals surface area contributed by atoms with Gasteiger partial charge in [-0.2, -0.15) is 0 Å². The van der Waals surface area contributed by atoms with Crippen LogP contribution in [0.2, 0.25) is 0 Å². The van der Waals surface area contributed by atoms with Crippen LogP contribution >= 0.6 is 15.9 Å². The molecule has 0 radical (unpaired) electrons. The summed E-state index contributed by atoms with van der Waals surface area (Å²) in [5.74, 6) is -1.57. The van der Waals surface area contributed by atoms with Crippen LogP contribution in [0, 0.1) is 17.6 Å². The molecule has 15 heavy (non-hydrogen) atoms. The first-order valence-corrected chi connectivity index (χ1v) is 5.13. The van der Waals surface area contributed by atoms with Gasteiger partial charge in [-0.15, -0.1) is 0 Å². The second-order valence-corrected chi connectivity index (χ2v) is 4.24. The molecule has 5 heteroatoms. The molecule has 0 bridgehead atoms. The minimum Gasteiger partial charge on any atom is -0.411 e. The van der Waals surface area contributed by atoms with E-state index >= 15 is 0 Å². The summed E-state index contributed by atoms with van der Waals surface area (Å²) >= 11 is 2.95. The number of halogens is 3. The third-order valence-electron chi connectivity index (χ3n) is 1.94. The molecule has 0 spiro atoms. The molecule has 0 saturated carbocycles. The van der Waals surface area contributed by atoms with Crippen LogP contribution in [0.1, 0.15) is 19.4 Å². The summed E-state index contributed by atoms with van der Waals surface area (Å²) in [4.78, 5) is 0. The van der Waals surface area contributed by atoms with Crippen molar-refractivity contribution in [1.29, 1.82) is 0 Å². The Hall–Kier alpha value is -0.970. The maximum Gasteiger partial charge on any atom is 0.140 e. The second kappa shape index (κ2) is 4.70. The molecule has 1 aromatic rings. The van der Waals surface area contributed by atoms with E-state index in [0.717, 1.165) is 6.07 Å². The van der Waals surface area contributed by atoms with Crippen LogP contribution in [0.25, 0.3) is 0 Å². The van der Waals surface area contributed by atoms with Crippen LogP contribution in [0.4, 0.5) is 8.78 Å². The van der Waals surface area contributed by atoms with E-state index in [1.54, 1.807) is 13.8 Å². The van der Waals surface area contributed by atoms with Crippen LogP contribution in [0.15, 0.2) is 21.8 Å². The monoisotopic (exact) mass is 277 g/mol. The van der Waals surface area contributed by atoms with Gasteiger partial charge in [0.1, 0.15) is 11.6 Å². The predicted octanol–water partition coefficient (Wildman–Crippen LogP) is 3.56. The van der Waals surface area contributed by atoms with Crippen molar-refractivity contribution >= 4 is 21.6 Å². The third-order valence-corrected chi connectivity index (χ3v) is 2.55. The van der Waals surface area contributed by atoms with Gasteiger partial charge in [0.2, 0.25) is 0 Å². The minimum absolute atomic E-state index is 0.0979. The number of rotatable bonds is 2. The quantitative estimate of drug-likeness (QED) is 0.381. The molecule has 2 nitrogen and oxygen atoms in total. The van der Waals surface area contributed by atoms with Gasteiger partial charge in [0.05, 0.1) is 10.2 Å². The first-order valence-electron chi connectivity index (χ1n) is 4.34. The molecule has 82 valence electrons. The molecular formula is C10H10BrF2NO. The lowest BCUT2D eigenvalue weighted by Gasteiger charge is -2.09. The lowest BCUT2D eigenvalue weighted by Crippen LogP contribution is -2.12. The van der Waals surface area contributed by atoms with E-state index in [4.69, 9.17) is 5.21 Å². The second-order valence-electron chi connectivity index (χ2n) is 3.39. The van der Waals surface area contributed by atoms with Gasteiger partial charge in [-0.05, 0) is 27.9 Å². The zero-order chi connectivity index (χ0) is 11.6. The number of hydrogen-bond acceptors (Lipinski definition) is 2. The fourth-order valence-corrected chi connectivity index (χ4v) is 1.54. The highest BCUT2D eigenvalue weighted by molar-refractivity contribution is 9.10. The van der Waals surface area contributed by atoms with E-state index in [1.807, 2.05) is 0 Å². The van der Waals surface area contributed by atoms with Gasteiger partial charge in [0, 0.05) is 11.6 Å². The SMILES string of the molecule is CC(C)/C(=N\O)c1cc(Br)c(F)cc1F. The summed E-state index contributed by atoms with van der Waals surface area (Å²) in [6, 6.07) is 2.02. The summed E-state index contributed by atoms with van der Waals surface area (Å²) in [7, 11) is 0. The van der Waals surface area contributed by atoms with Crippen LogP contribution in [0.3, 0.4) is 0 Å². The molecule has 1 rings (SSSR count). The fourth-order valence-electron chi connectivity index (χ4n) is 1.20. The zero-order valence-electron chi connectivity index (χ0n) is 8.26. The summed E-state index contributed by atoms with van der Waals surface area (Å²) in [6.45, 7) is 3.51. The van der Waals surface area contributed by atoms with Gasteiger partial charge >= 0.3 is 0 Å². The third kappa shape index (κ3) is 2.53. The molecule has 0 aliphatic carbocycles. The topological polar surface area (TPSA) is 32.6 Å². The normalized spacial score (nSPS) is 12.3. The van der Waals surface area contributed by atoms with Crippen molar-refractivity contribution in [3.05, 3.63) is 33.8 Å². The van der Waals surface area contributed by atoms with E-state index < -0.39 is 11.6 Å². The van der Waals surface area contributed by atoms with Crippen LogP contribution in [0.5, 0.6) is 0 Å². The maximum absolute atomic E-state index is 13.4. The highest BCUT2D eigenvalue weighted by atomic mass is 79.9. The highest BCUT2D eigenvalue weighted by Crippen LogP contribution is 2.22. The average Bonchev–Trinajstić information content (AvgIpc) is 2.14. The molecule has 0 amide bonds. The highest BCUT2D eigenvalue weighted by Gasteiger charge is 2.16. The Morgan fingerprint density at radius 2 is 1.93 bits per heavy atom.